The Kier molecular flexibility index (Phi) is 7.86. The molecule has 0 bridgehead atoms. The lowest BCUT2D eigenvalue weighted by Gasteiger charge is -2.21. The quantitative estimate of drug-likeness (QED) is 0.404. The van der Waals surface area contributed by atoms with Crippen LogP contribution in [0.25, 0.3) is 0 Å². The van der Waals surface area contributed by atoms with Gasteiger partial charge < -0.3 is 9.64 Å². The van der Waals surface area contributed by atoms with Crippen molar-refractivity contribution in [2.45, 2.75) is 49.7 Å². The topological polar surface area (TPSA) is 126 Å². The van der Waals surface area contributed by atoms with Crippen LogP contribution in [0.5, 0.6) is 0 Å². The molecule has 1 N–H and O–H groups in total. The molecule has 0 aliphatic carbocycles. The van der Waals surface area contributed by atoms with Crippen molar-refractivity contribution < 1.29 is 40.7 Å². The molecule has 36 heavy (non-hydrogen) atoms. The largest absolute Gasteiger partial charge is 0.501 e. The standard InChI is InChI=1S/C22H23F3N4O6S/c1-3-4-11-35-20(31)27-18-12-26-10-9-15(18)13-28-14(2)19(30)29(21(28)32)16-5-7-17(8-6-16)36(33,34)22(23,24)25/h5-10,12,14H,3-4,11,13H2,1-2H3,(H,27,31). The fourth-order valence-electron chi connectivity index (χ4n) is 3.37. The molecular formula is C22H23F3N4O6S. The van der Waals surface area contributed by atoms with Crippen LogP contribution in [-0.2, 0) is 25.9 Å². The van der Waals surface area contributed by atoms with Crippen molar-refractivity contribution in [1.82, 2.24) is 9.88 Å². The summed E-state index contributed by atoms with van der Waals surface area (Å²) in [6.45, 7) is 3.54. The van der Waals surface area contributed by atoms with E-state index >= 15 is 0 Å². The number of nitrogens with one attached hydrogen (secondary N) is 1. The number of carbonyl (C=O) groups excluding carboxylic acids is 3. The lowest BCUT2D eigenvalue weighted by atomic mass is 10.2. The van der Waals surface area contributed by atoms with Crippen molar-refractivity contribution >= 4 is 39.2 Å². The van der Waals surface area contributed by atoms with Crippen LogP contribution in [0.2, 0.25) is 0 Å². The number of aromatic nitrogens is 1. The van der Waals surface area contributed by atoms with E-state index in [4.69, 9.17) is 4.74 Å². The van der Waals surface area contributed by atoms with Crippen molar-refractivity contribution in [3.05, 3.63) is 48.3 Å². The van der Waals surface area contributed by atoms with Gasteiger partial charge in [-0.2, -0.15) is 13.2 Å². The molecular weight excluding hydrogens is 505 g/mol. The second-order valence-electron chi connectivity index (χ2n) is 7.85. The Bertz CT molecular complexity index is 1250. The summed E-state index contributed by atoms with van der Waals surface area (Å²) in [7, 11) is -5.58. The van der Waals surface area contributed by atoms with E-state index in [0.717, 1.165) is 23.5 Å². The van der Waals surface area contributed by atoms with Gasteiger partial charge in [0.1, 0.15) is 6.04 Å². The number of ether oxygens (including phenoxy) is 1. The van der Waals surface area contributed by atoms with Crippen molar-refractivity contribution in [3.63, 3.8) is 0 Å². The maximum Gasteiger partial charge on any atom is 0.501 e. The minimum absolute atomic E-state index is 0.0898. The van der Waals surface area contributed by atoms with Crippen LogP contribution in [0, 0.1) is 0 Å². The average molecular weight is 529 g/mol. The first-order valence-electron chi connectivity index (χ1n) is 10.8. The summed E-state index contributed by atoms with van der Waals surface area (Å²) in [5, 5.41) is 2.55. The third-order valence-corrected chi connectivity index (χ3v) is 6.91. The summed E-state index contributed by atoms with van der Waals surface area (Å²) in [6, 6.07) is 3.10. The van der Waals surface area contributed by atoms with Crippen LogP contribution < -0.4 is 10.2 Å². The molecule has 1 aliphatic rings. The summed E-state index contributed by atoms with van der Waals surface area (Å²) >= 11 is 0. The molecule has 2 heterocycles. The number of urea groups is 1. The Morgan fingerprint density at radius 3 is 2.44 bits per heavy atom. The number of sulfone groups is 1. The van der Waals surface area contributed by atoms with Crippen LogP contribution in [0.3, 0.4) is 0 Å². The summed E-state index contributed by atoms with van der Waals surface area (Å²) < 4.78 is 66.6. The maximum atomic E-state index is 13.1. The first-order valence-corrected chi connectivity index (χ1v) is 12.3. The zero-order valence-corrected chi connectivity index (χ0v) is 20.1. The van der Waals surface area contributed by atoms with Gasteiger partial charge in [-0.3, -0.25) is 15.1 Å². The molecule has 10 nitrogen and oxygen atoms in total. The number of hydrogen-bond acceptors (Lipinski definition) is 7. The highest BCUT2D eigenvalue weighted by molar-refractivity contribution is 7.92. The number of alkyl halides is 3. The molecule has 4 amide bonds. The molecule has 0 spiro atoms. The SMILES string of the molecule is CCCCOC(=O)Nc1cnccc1CN1C(=O)N(c2ccc(S(=O)(=O)C(F)(F)F)cc2)C(=O)C1C. The molecule has 0 saturated carbocycles. The number of unbranched alkanes of at least 4 members (excludes halogenated alkanes) is 1. The molecule has 1 fully saturated rings. The lowest BCUT2D eigenvalue weighted by Crippen LogP contribution is -2.34. The number of pyridine rings is 1. The van der Waals surface area contributed by atoms with Crippen molar-refractivity contribution in [1.29, 1.82) is 0 Å². The van der Waals surface area contributed by atoms with Gasteiger partial charge in [0.2, 0.25) is 0 Å². The Balaban J connectivity index is 1.80. The Hall–Kier alpha value is -3.68. The number of amides is 4. The predicted octanol–water partition coefficient (Wildman–Crippen LogP) is 4.08. The summed E-state index contributed by atoms with van der Waals surface area (Å²) in [4.78, 5) is 42.8. The number of imide groups is 1. The fourth-order valence-corrected chi connectivity index (χ4v) is 4.13. The van der Waals surface area contributed by atoms with E-state index in [9.17, 15) is 36.0 Å². The van der Waals surface area contributed by atoms with Crippen LogP contribution >= 0.6 is 0 Å². The summed E-state index contributed by atoms with van der Waals surface area (Å²) in [5.41, 5.74) is -4.85. The number of hydrogen-bond donors (Lipinski definition) is 1. The molecule has 1 unspecified atom stereocenters. The van der Waals surface area contributed by atoms with E-state index < -0.39 is 44.3 Å². The molecule has 0 radical (unpaired) electrons. The van der Waals surface area contributed by atoms with Gasteiger partial charge in [-0.15, -0.1) is 0 Å². The van der Waals surface area contributed by atoms with E-state index in [1.165, 1.54) is 24.2 Å². The highest BCUT2D eigenvalue weighted by atomic mass is 32.2. The Morgan fingerprint density at radius 1 is 1.17 bits per heavy atom. The Morgan fingerprint density at radius 2 is 1.83 bits per heavy atom. The Labute approximate surface area is 205 Å². The van der Waals surface area contributed by atoms with E-state index in [1.807, 2.05) is 6.92 Å². The first-order chi connectivity index (χ1) is 16.9. The van der Waals surface area contributed by atoms with Crippen LogP contribution in [0.15, 0.2) is 47.6 Å². The normalized spacial score (nSPS) is 16.4. The van der Waals surface area contributed by atoms with E-state index in [2.05, 4.69) is 10.3 Å². The van der Waals surface area contributed by atoms with Gasteiger partial charge in [-0.05, 0) is 49.2 Å². The van der Waals surface area contributed by atoms with E-state index in [0.29, 0.717) is 24.1 Å². The third kappa shape index (κ3) is 5.42. The summed E-state index contributed by atoms with van der Waals surface area (Å²) in [5.74, 6) is -0.658. The smallest absolute Gasteiger partial charge is 0.449 e. The van der Waals surface area contributed by atoms with Gasteiger partial charge in [0.25, 0.3) is 15.7 Å². The number of rotatable bonds is 8. The summed E-state index contributed by atoms with van der Waals surface area (Å²) in [6.07, 6.45) is 3.62. The van der Waals surface area contributed by atoms with Gasteiger partial charge in [0.15, 0.2) is 0 Å². The average Bonchev–Trinajstić information content (AvgIpc) is 3.03. The molecule has 1 aliphatic heterocycles. The monoisotopic (exact) mass is 528 g/mol. The molecule has 1 aromatic carbocycles. The maximum absolute atomic E-state index is 13.1. The van der Waals surface area contributed by atoms with Gasteiger partial charge in [0, 0.05) is 6.20 Å². The van der Waals surface area contributed by atoms with Crippen LogP contribution in [-0.4, -0.2) is 54.5 Å². The van der Waals surface area contributed by atoms with Crippen LogP contribution in [0.1, 0.15) is 32.3 Å². The second kappa shape index (κ2) is 10.5. The highest BCUT2D eigenvalue weighted by Crippen LogP contribution is 2.33. The minimum Gasteiger partial charge on any atom is -0.449 e. The fraction of sp³-hybridized carbons (Fsp3) is 0.364. The van der Waals surface area contributed by atoms with Crippen molar-refractivity contribution in [3.8, 4) is 0 Å². The van der Waals surface area contributed by atoms with Gasteiger partial charge in [0.05, 0.1) is 35.6 Å². The van der Waals surface area contributed by atoms with Crippen molar-refractivity contribution in [2.75, 3.05) is 16.8 Å². The molecule has 1 aromatic heterocycles. The molecule has 3 rings (SSSR count). The lowest BCUT2D eigenvalue weighted by molar-refractivity contribution is -0.119. The number of anilines is 2. The zero-order chi connectivity index (χ0) is 26.7. The molecule has 1 atom stereocenters. The molecule has 1 saturated heterocycles. The van der Waals surface area contributed by atoms with E-state index in [-0.39, 0.29) is 24.5 Å². The third-order valence-electron chi connectivity index (χ3n) is 5.41. The predicted molar refractivity (Wildman–Crippen MR) is 122 cm³/mol. The van der Waals surface area contributed by atoms with Gasteiger partial charge >= 0.3 is 17.6 Å². The number of carbonyl (C=O) groups is 3. The zero-order valence-electron chi connectivity index (χ0n) is 19.3. The van der Waals surface area contributed by atoms with Crippen molar-refractivity contribution in [2.24, 2.45) is 0 Å². The van der Waals surface area contributed by atoms with Gasteiger partial charge in [-0.25, -0.2) is 22.9 Å². The van der Waals surface area contributed by atoms with Gasteiger partial charge in [-0.1, -0.05) is 13.3 Å². The number of halogens is 3. The molecule has 194 valence electrons. The molecule has 2 aromatic rings. The molecule has 14 heteroatoms. The highest BCUT2D eigenvalue weighted by Gasteiger charge is 2.47. The number of benzene rings is 1. The van der Waals surface area contributed by atoms with E-state index in [1.54, 1.807) is 6.07 Å². The minimum atomic E-state index is -5.58. The second-order valence-corrected chi connectivity index (χ2v) is 9.79. The first kappa shape index (κ1) is 26.9. The number of nitrogens with zero attached hydrogens (tertiary/aromatic N) is 3. The van der Waals surface area contributed by atoms with Crippen LogP contribution in [0.4, 0.5) is 34.1 Å².